The maximum atomic E-state index is 5.17. The lowest BCUT2D eigenvalue weighted by molar-refractivity contribution is 1.06. The van der Waals surface area contributed by atoms with Crippen LogP contribution in [0.1, 0.15) is 0 Å². The normalized spacial score (nSPS) is 10.2. The number of thiocarbonyl (C=S) groups is 1. The molecule has 24 heavy (non-hydrogen) atoms. The number of nitrogens with zero attached hydrogens (tertiary/aromatic N) is 1. The molecule has 0 aliphatic heterocycles. The monoisotopic (exact) mass is 334 g/mol. The molecule has 120 valence electrons. The van der Waals surface area contributed by atoms with E-state index >= 15 is 0 Å². The Morgan fingerprint density at radius 3 is 2.58 bits per heavy atom. The van der Waals surface area contributed by atoms with E-state index in [1.807, 2.05) is 30.3 Å². The second-order valence-corrected chi connectivity index (χ2v) is 5.65. The number of aromatic nitrogens is 1. The van der Waals surface area contributed by atoms with E-state index in [1.165, 1.54) is 10.8 Å². The Morgan fingerprint density at radius 2 is 1.83 bits per heavy atom. The summed E-state index contributed by atoms with van der Waals surface area (Å²) in [7, 11) is 0. The van der Waals surface area contributed by atoms with Gasteiger partial charge in [-0.25, -0.2) is 4.98 Å². The van der Waals surface area contributed by atoms with Crippen LogP contribution in [0.2, 0.25) is 0 Å². The van der Waals surface area contributed by atoms with E-state index in [2.05, 4.69) is 51.8 Å². The fourth-order valence-corrected chi connectivity index (χ4v) is 2.50. The Balaban J connectivity index is 1.66. The smallest absolute Gasteiger partial charge is 0.171 e. The van der Waals surface area contributed by atoms with Gasteiger partial charge in [0.1, 0.15) is 5.82 Å². The summed E-state index contributed by atoms with van der Waals surface area (Å²) in [5, 5.41) is 12.4. The van der Waals surface area contributed by atoms with Crippen molar-refractivity contribution in [3.05, 3.63) is 73.4 Å². The molecule has 0 aliphatic carbocycles. The molecule has 0 bridgehead atoms. The van der Waals surface area contributed by atoms with E-state index < -0.39 is 0 Å². The molecule has 0 amide bonds. The predicted molar refractivity (Wildman–Crippen MR) is 106 cm³/mol. The van der Waals surface area contributed by atoms with E-state index in [-0.39, 0.29) is 0 Å². The summed E-state index contributed by atoms with van der Waals surface area (Å²) in [6.45, 7) is 4.27. The number of hydrogen-bond donors (Lipinski definition) is 3. The minimum atomic E-state index is 0.548. The number of benzene rings is 2. The molecule has 5 heteroatoms. The zero-order chi connectivity index (χ0) is 16.8. The third-order valence-electron chi connectivity index (χ3n) is 3.45. The number of rotatable bonds is 5. The minimum absolute atomic E-state index is 0.548. The van der Waals surface area contributed by atoms with Crippen LogP contribution in [-0.2, 0) is 0 Å². The molecule has 0 fully saturated rings. The molecular weight excluding hydrogens is 316 g/mol. The summed E-state index contributed by atoms with van der Waals surface area (Å²) < 4.78 is 0. The van der Waals surface area contributed by atoms with Crippen molar-refractivity contribution in [1.29, 1.82) is 0 Å². The summed E-state index contributed by atoms with van der Waals surface area (Å²) in [5.74, 6) is 0.779. The van der Waals surface area contributed by atoms with Gasteiger partial charge in [0.25, 0.3) is 0 Å². The topological polar surface area (TPSA) is 49.0 Å². The van der Waals surface area contributed by atoms with Gasteiger partial charge in [-0.15, -0.1) is 6.58 Å². The summed E-state index contributed by atoms with van der Waals surface area (Å²) in [4.78, 5) is 4.41. The summed E-state index contributed by atoms with van der Waals surface area (Å²) >= 11 is 5.17. The molecule has 2 aromatic carbocycles. The van der Waals surface area contributed by atoms with Crippen LogP contribution in [0.4, 0.5) is 17.2 Å². The number of pyridine rings is 1. The van der Waals surface area contributed by atoms with Gasteiger partial charge in [0.15, 0.2) is 5.11 Å². The van der Waals surface area contributed by atoms with Gasteiger partial charge < -0.3 is 16.0 Å². The summed E-state index contributed by atoms with van der Waals surface area (Å²) in [5.41, 5.74) is 1.84. The number of anilines is 3. The van der Waals surface area contributed by atoms with E-state index in [4.69, 9.17) is 12.2 Å². The molecule has 1 aromatic heterocycles. The predicted octanol–water partition coefficient (Wildman–Crippen LogP) is 4.45. The molecule has 0 spiro atoms. The highest BCUT2D eigenvalue weighted by Gasteiger charge is 2.00. The second kappa shape index (κ2) is 7.57. The van der Waals surface area contributed by atoms with E-state index in [1.54, 1.807) is 12.3 Å². The molecule has 0 atom stereocenters. The lowest BCUT2D eigenvalue weighted by Crippen LogP contribution is -2.28. The highest BCUT2D eigenvalue weighted by Crippen LogP contribution is 2.21. The van der Waals surface area contributed by atoms with E-state index in [0.717, 1.165) is 17.2 Å². The largest absolute Gasteiger partial charge is 0.359 e. The van der Waals surface area contributed by atoms with Gasteiger partial charge in [-0.1, -0.05) is 36.4 Å². The average Bonchev–Trinajstić information content (AvgIpc) is 2.61. The third kappa shape index (κ3) is 4.08. The lowest BCUT2D eigenvalue weighted by atomic mass is 10.1. The zero-order valence-corrected chi connectivity index (χ0v) is 13.9. The summed E-state index contributed by atoms with van der Waals surface area (Å²) in [6.07, 6.45) is 3.49. The van der Waals surface area contributed by atoms with Gasteiger partial charge in [0, 0.05) is 12.2 Å². The van der Waals surface area contributed by atoms with Crippen LogP contribution in [0.25, 0.3) is 10.8 Å². The molecular formula is C19H18N4S. The quantitative estimate of drug-likeness (QED) is 0.475. The Kier molecular flexibility index (Phi) is 5.03. The average molecular weight is 334 g/mol. The third-order valence-corrected chi connectivity index (χ3v) is 3.70. The van der Waals surface area contributed by atoms with Crippen LogP contribution >= 0.6 is 12.2 Å². The van der Waals surface area contributed by atoms with Crippen molar-refractivity contribution in [3.8, 4) is 0 Å². The van der Waals surface area contributed by atoms with Crippen molar-refractivity contribution in [3.63, 3.8) is 0 Å². The first-order valence-corrected chi connectivity index (χ1v) is 8.03. The molecule has 0 unspecified atom stereocenters. The van der Waals surface area contributed by atoms with Crippen LogP contribution in [-0.4, -0.2) is 16.6 Å². The first kappa shape index (κ1) is 16.0. The standard InChI is InChI=1S/C19H18N4S/c1-2-11-20-19(24)23-17-9-10-18(21-13-17)22-16-8-7-14-5-3-4-6-15(14)12-16/h2-10,12-13H,1,11H2,(H,21,22)(H2,20,23,24). The number of fused-ring (bicyclic) bond motifs is 1. The van der Waals surface area contributed by atoms with Gasteiger partial charge in [0.05, 0.1) is 11.9 Å². The van der Waals surface area contributed by atoms with Crippen molar-refractivity contribution in [2.75, 3.05) is 17.2 Å². The van der Waals surface area contributed by atoms with Crippen molar-refractivity contribution in [2.24, 2.45) is 0 Å². The Morgan fingerprint density at radius 1 is 1.04 bits per heavy atom. The van der Waals surface area contributed by atoms with Crippen LogP contribution in [0.15, 0.2) is 73.4 Å². The number of hydrogen-bond acceptors (Lipinski definition) is 3. The van der Waals surface area contributed by atoms with Crippen molar-refractivity contribution >= 4 is 45.3 Å². The molecule has 0 saturated carbocycles. The van der Waals surface area contributed by atoms with Crippen LogP contribution in [0.5, 0.6) is 0 Å². The maximum Gasteiger partial charge on any atom is 0.171 e. The maximum absolute atomic E-state index is 5.17. The molecule has 0 aliphatic rings. The first-order chi connectivity index (χ1) is 11.7. The second-order valence-electron chi connectivity index (χ2n) is 5.24. The molecule has 3 rings (SSSR count). The molecule has 1 heterocycles. The van der Waals surface area contributed by atoms with Crippen molar-refractivity contribution < 1.29 is 0 Å². The Labute approximate surface area is 146 Å². The highest BCUT2D eigenvalue weighted by molar-refractivity contribution is 7.80. The van der Waals surface area contributed by atoms with Gasteiger partial charge in [-0.3, -0.25) is 0 Å². The summed E-state index contributed by atoms with van der Waals surface area (Å²) in [6, 6.07) is 18.4. The Bertz CT molecular complexity index is 859. The minimum Gasteiger partial charge on any atom is -0.359 e. The molecule has 0 saturated heterocycles. The highest BCUT2D eigenvalue weighted by atomic mass is 32.1. The lowest BCUT2D eigenvalue weighted by Gasteiger charge is -2.10. The fraction of sp³-hybridized carbons (Fsp3) is 0.0526. The van der Waals surface area contributed by atoms with Crippen molar-refractivity contribution in [1.82, 2.24) is 10.3 Å². The van der Waals surface area contributed by atoms with E-state index in [9.17, 15) is 0 Å². The zero-order valence-electron chi connectivity index (χ0n) is 13.1. The van der Waals surface area contributed by atoms with Gasteiger partial charge >= 0.3 is 0 Å². The van der Waals surface area contributed by atoms with Crippen LogP contribution in [0.3, 0.4) is 0 Å². The SMILES string of the molecule is C=CCNC(=S)Nc1ccc(Nc2ccc3ccccc3c2)nc1. The van der Waals surface area contributed by atoms with Crippen molar-refractivity contribution in [2.45, 2.75) is 0 Å². The van der Waals surface area contributed by atoms with Crippen LogP contribution < -0.4 is 16.0 Å². The van der Waals surface area contributed by atoms with Crippen LogP contribution in [0, 0.1) is 0 Å². The molecule has 3 N–H and O–H groups in total. The number of nitrogens with one attached hydrogen (secondary N) is 3. The van der Waals surface area contributed by atoms with E-state index in [0.29, 0.717) is 11.7 Å². The van der Waals surface area contributed by atoms with Gasteiger partial charge in [0.2, 0.25) is 0 Å². The molecule has 4 nitrogen and oxygen atoms in total. The molecule has 3 aromatic rings. The molecule has 0 radical (unpaired) electrons. The Hall–Kier alpha value is -2.92. The van der Waals surface area contributed by atoms with Gasteiger partial charge in [-0.05, 0) is 47.3 Å². The van der Waals surface area contributed by atoms with Gasteiger partial charge in [-0.2, -0.15) is 0 Å². The fourth-order valence-electron chi connectivity index (χ4n) is 2.30. The first-order valence-electron chi connectivity index (χ1n) is 7.62.